The lowest BCUT2D eigenvalue weighted by Gasteiger charge is -2.09. The predicted octanol–water partition coefficient (Wildman–Crippen LogP) is 4.58. The van der Waals surface area contributed by atoms with E-state index in [9.17, 15) is 0 Å². The van der Waals surface area contributed by atoms with E-state index < -0.39 is 0 Å². The predicted molar refractivity (Wildman–Crippen MR) is 70.1 cm³/mol. The molecule has 0 fully saturated rings. The molecule has 0 N–H and O–H groups in total. The summed E-state index contributed by atoms with van der Waals surface area (Å²) in [7, 11) is 0. The highest BCUT2D eigenvalue weighted by Crippen LogP contribution is 2.33. The summed E-state index contributed by atoms with van der Waals surface area (Å²) >= 11 is 0. The first-order valence-electron chi connectivity index (χ1n) is 5.56. The zero-order valence-corrected chi connectivity index (χ0v) is 8.77. The average Bonchev–Trinajstić information content (AvgIpc) is 2.40. The highest BCUT2D eigenvalue weighted by Gasteiger charge is 2.05. The van der Waals surface area contributed by atoms with Gasteiger partial charge in [0.25, 0.3) is 0 Å². The molecule has 0 nitrogen and oxygen atoms in total. The van der Waals surface area contributed by atoms with Gasteiger partial charge < -0.3 is 0 Å². The lowest BCUT2D eigenvalue weighted by molar-refractivity contribution is 1.78. The van der Waals surface area contributed by atoms with Crippen LogP contribution in [0.1, 0.15) is 0 Å². The van der Waals surface area contributed by atoms with Crippen molar-refractivity contribution in [1.29, 1.82) is 0 Å². The third kappa shape index (κ3) is 0.892. The van der Waals surface area contributed by atoms with E-state index in [1.807, 2.05) is 0 Å². The molecule has 5 aromatic carbocycles. The fraction of sp³-hybridized carbons (Fsp3) is 0. The number of benzene rings is 5. The van der Waals surface area contributed by atoms with E-state index >= 15 is 0 Å². The Labute approximate surface area is 93.5 Å². The second kappa shape index (κ2) is 2.73. The minimum atomic E-state index is 1.32. The van der Waals surface area contributed by atoms with Crippen LogP contribution >= 0.6 is 0 Å². The van der Waals surface area contributed by atoms with Gasteiger partial charge in [-0.15, -0.1) is 0 Å². The SMILES string of the molecule is c1ccc2c(c1)ccc1c3ccc(cc3)c21. The second-order valence-electron chi connectivity index (χ2n) is 4.29. The summed E-state index contributed by atoms with van der Waals surface area (Å²) in [4.78, 5) is 0. The monoisotopic (exact) mass is 202 g/mol. The van der Waals surface area contributed by atoms with Crippen LogP contribution in [0.25, 0.3) is 32.3 Å². The minimum absolute atomic E-state index is 1.32. The van der Waals surface area contributed by atoms with Crippen LogP contribution in [-0.4, -0.2) is 0 Å². The Morgan fingerprint density at radius 1 is 0.438 bits per heavy atom. The Balaban J connectivity index is 2.44. The minimum Gasteiger partial charge on any atom is -0.0616 e. The summed E-state index contributed by atoms with van der Waals surface area (Å²) in [5, 5.41) is 8.12. The van der Waals surface area contributed by atoms with Gasteiger partial charge in [-0.25, -0.2) is 0 Å². The maximum Gasteiger partial charge on any atom is -0.00268 e. The van der Waals surface area contributed by atoms with Crippen LogP contribution in [0.2, 0.25) is 0 Å². The molecular formula is C16H10. The largest absolute Gasteiger partial charge is 0.0616 e. The topological polar surface area (TPSA) is 0 Å². The third-order valence-electron chi connectivity index (χ3n) is 3.41. The third-order valence-corrected chi connectivity index (χ3v) is 3.41. The van der Waals surface area contributed by atoms with Gasteiger partial charge in [-0.3, -0.25) is 0 Å². The molecule has 0 spiro atoms. The Kier molecular flexibility index (Phi) is 1.39. The smallest absolute Gasteiger partial charge is 0.00268 e. The van der Waals surface area contributed by atoms with E-state index in [0.29, 0.717) is 0 Å². The van der Waals surface area contributed by atoms with Crippen LogP contribution in [0.5, 0.6) is 0 Å². The maximum absolute atomic E-state index is 2.24. The average molecular weight is 202 g/mol. The highest BCUT2D eigenvalue weighted by molar-refractivity contribution is 6.21. The number of hydrogen-bond donors (Lipinski definition) is 0. The lowest BCUT2D eigenvalue weighted by Crippen LogP contribution is -1.82. The van der Waals surface area contributed by atoms with Gasteiger partial charge in [0.2, 0.25) is 0 Å². The zero-order valence-electron chi connectivity index (χ0n) is 8.77. The van der Waals surface area contributed by atoms with Gasteiger partial charge in [0.05, 0.1) is 0 Å². The molecule has 0 aliphatic rings. The number of rotatable bonds is 0. The molecule has 0 saturated heterocycles. The molecule has 5 aromatic rings. The van der Waals surface area contributed by atoms with Crippen LogP contribution < -0.4 is 0 Å². The van der Waals surface area contributed by atoms with E-state index in [1.54, 1.807) is 0 Å². The van der Waals surface area contributed by atoms with E-state index in [0.717, 1.165) is 0 Å². The summed E-state index contributed by atoms with van der Waals surface area (Å²) in [6.07, 6.45) is 0. The van der Waals surface area contributed by atoms with Gasteiger partial charge in [-0.1, -0.05) is 60.7 Å². The van der Waals surface area contributed by atoms with Gasteiger partial charge in [0.15, 0.2) is 0 Å². The molecule has 2 bridgehead atoms. The summed E-state index contributed by atoms with van der Waals surface area (Å²) in [5.74, 6) is 0. The van der Waals surface area contributed by atoms with Crippen LogP contribution in [-0.2, 0) is 0 Å². The molecule has 0 amide bonds. The quantitative estimate of drug-likeness (QED) is 0.366. The number of hydrogen-bond acceptors (Lipinski definition) is 0. The second-order valence-corrected chi connectivity index (χ2v) is 4.29. The fourth-order valence-corrected chi connectivity index (χ4v) is 2.64. The molecule has 0 saturated carbocycles. The molecule has 16 heavy (non-hydrogen) atoms. The molecule has 0 aliphatic carbocycles. The Hall–Kier alpha value is -2.08. The van der Waals surface area contributed by atoms with E-state index in [4.69, 9.17) is 0 Å². The lowest BCUT2D eigenvalue weighted by atomic mass is 9.95. The normalized spacial score (nSPS) is 11.8. The first kappa shape index (κ1) is 8.12. The fourth-order valence-electron chi connectivity index (χ4n) is 2.64. The van der Waals surface area contributed by atoms with Crippen LogP contribution in [0.3, 0.4) is 0 Å². The van der Waals surface area contributed by atoms with Gasteiger partial charge in [-0.2, -0.15) is 0 Å². The van der Waals surface area contributed by atoms with Gasteiger partial charge in [0.1, 0.15) is 0 Å². The van der Waals surface area contributed by atoms with E-state index in [2.05, 4.69) is 60.7 Å². The first-order chi connectivity index (χ1) is 7.93. The molecule has 0 aromatic heterocycles. The van der Waals surface area contributed by atoms with Crippen molar-refractivity contribution in [2.24, 2.45) is 0 Å². The molecule has 0 radical (unpaired) electrons. The van der Waals surface area contributed by atoms with Crippen molar-refractivity contribution in [3.63, 3.8) is 0 Å². The summed E-state index contributed by atoms with van der Waals surface area (Å²) < 4.78 is 0. The molecule has 5 rings (SSSR count). The van der Waals surface area contributed by atoms with Crippen molar-refractivity contribution in [1.82, 2.24) is 0 Å². The summed E-state index contributed by atoms with van der Waals surface area (Å²) in [5.41, 5.74) is 0. The van der Waals surface area contributed by atoms with Crippen molar-refractivity contribution >= 4 is 32.3 Å². The molecule has 0 heterocycles. The van der Waals surface area contributed by atoms with Crippen molar-refractivity contribution in [2.45, 2.75) is 0 Å². The van der Waals surface area contributed by atoms with Crippen LogP contribution in [0.4, 0.5) is 0 Å². The van der Waals surface area contributed by atoms with Crippen molar-refractivity contribution in [3.05, 3.63) is 60.7 Å². The van der Waals surface area contributed by atoms with Crippen molar-refractivity contribution in [2.75, 3.05) is 0 Å². The van der Waals surface area contributed by atoms with Gasteiger partial charge >= 0.3 is 0 Å². The van der Waals surface area contributed by atoms with Crippen molar-refractivity contribution in [3.8, 4) is 0 Å². The van der Waals surface area contributed by atoms with Crippen molar-refractivity contribution < 1.29 is 0 Å². The Morgan fingerprint density at radius 3 is 1.88 bits per heavy atom. The molecule has 0 aliphatic heterocycles. The molecule has 74 valence electrons. The van der Waals surface area contributed by atoms with E-state index in [1.165, 1.54) is 32.3 Å². The van der Waals surface area contributed by atoms with Gasteiger partial charge in [-0.05, 0) is 32.3 Å². The highest BCUT2D eigenvalue weighted by atomic mass is 14.1. The summed E-state index contributed by atoms with van der Waals surface area (Å²) in [6, 6.07) is 21.9. The summed E-state index contributed by atoms with van der Waals surface area (Å²) in [6.45, 7) is 0. The molecule has 0 atom stereocenters. The standard InChI is InChI=1S/C16H10/c1-2-4-14-11(3-1)9-10-15-12-5-7-13(8-6-12)16(14)15/h1-10H. The Morgan fingerprint density at radius 2 is 1.00 bits per heavy atom. The first-order valence-corrected chi connectivity index (χ1v) is 5.56. The zero-order chi connectivity index (χ0) is 10.5. The van der Waals surface area contributed by atoms with Gasteiger partial charge in [0, 0.05) is 0 Å². The molecule has 0 unspecified atom stereocenters. The maximum atomic E-state index is 2.24. The van der Waals surface area contributed by atoms with Crippen LogP contribution in [0, 0.1) is 0 Å². The van der Waals surface area contributed by atoms with Crippen LogP contribution in [0.15, 0.2) is 60.7 Å². The number of fused-ring (bicyclic) bond motifs is 3. The van der Waals surface area contributed by atoms with E-state index in [-0.39, 0.29) is 0 Å². The molecular weight excluding hydrogens is 192 g/mol. The molecule has 0 heteroatoms. The Bertz CT molecular complexity index is 776.